The lowest BCUT2D eigenvalue weighted by molar-refractivity contribution is -0.128. The largest absolute Gasteiger partial charge is 0.496 e. The molecule has 0 aliphatic carbocycles. The molecule has 0 aromatic heterocycles. The van der Waals surface area contributed by atoms with Crippen molar-refractivity contribution in [2.75, 3.05) is 7.11 Å². The third-order valence-electron chi connectivity index (χ3n) is 4.48. The lowest BCUT2D eigenvalue weighted by Crippen LogP contribution is -2.40. The molecule has 0 fully saturated rings. The van der Waals surface area contributed by atoms with Crippen LogP contribution in [0.5, 0.6) is 11.5 Å². The van der Waals surface area contributed by atoms with Gasteiger partial charge in [-0.3, -0.25) is 4.79 Å². The minimum absolute atomic E-state index is 0.0535. The van der Waals surface area contributed by atoms with Crippen LogP contribution in [0.15, 0.2) is 42.5 Å². The van der Waals surface area contributed by atoms with Gasteiger partial charge in [-0.2, -0.15) is 0 Å². The molecule has 1 N–H and O–H groups in total. The quantitative estimate of drug-likeness (QED) is 0.744. The van der Waals surface area contributed by atoms with Crippen molar-refractivity contribution in [2.45, 2.75) is 52.7 Å². The van der Waals surface area contributed by atoms with Gasteiger partial charge < -0.3 is 14.8 Å². The first-order valence-electron chi connectivity index (χ1n) is 9.16. The van der Waals surface area contributed by atoms with E-state index in [0.717, 1.165) is 34.6 Å². The zero-order valence-corrected chi connectivity index (χ0v) is 16.3. The number of hydrogen-bond donors (Lipinski definition) is 1. The fourth-order valence-corrected chi connectivity index (χ4v) is 2.98. The fourth-order valence-electron chi connectivity index (χ4n) is 2.98. The number of hydrogen-bond acceptors (Lipinski definition) is 3. The molecule has 26 heavy (non-hydrogen) atoms. The summed E-state index contributed by atoms with van der Waals surface area (Å²) in [5, 5.41) is 3.13. The molecule has 4 heteroatoms. The molecule has 0 aliphatic rings. The smallest absolute Gasteiger partial charge is 0.261 e. The summed E-state index contributed by atoms with van der Waals surface area (Å²) in [6, 6.07) is 13.7. The Hall–Kier alpha value is -2.49. The van der Waals surface area contributed by atoms with Gasteiger partial charge in [0.15, 0.2) is 6.10 Å². The average Bonchev–Trinajstić information content (AvgIpc) is 2.64. The van der Waals surface area contributed by atoms with Crippen LogP contribution < -0.4 is 14.8 Å². The Morgan fingerprint density at radius 1 is 1.08 bits per heavy atom. The van der Waals surface area contributed by atoms with Crippen LogP contribution >= 0.6 is 0 Å². The highest BCUT2D eigenvalue weighted by atomic mass is 16.5. The number of nitrogens with one attached hydrogen (secondary N) is 1. The zero-order valence-electron chi connectivity index (χ0n) is 16.3. The number of carbonyl (C=O) groups is 1. The lowest BCUT2D eigenvalue weighted by atomic mass is 10.0. The zero-order chi connectivity index (χ0) is 19.1. The van der Waals surface area contributed by atoms with Gasteiger partial charge in [0.05, 0.1) is 13.2 Å². The highest BCUT2D eigenvalue weighted by Gasteiger charge is 2.22. The molecule has 2 aromatic carbocycles. The minimum atomic E-state index is -0.509. The van der Waals surface area contributed by atoms with Crippen LogP contribution in [0.1, 0.15) is 49.4 Å². The van der Waals surface area contributed by atoms with Gasteiger partial charge in [0.2, 0.25) is 0 Å². The Balaban J connectivity index is 2.10. The van der Waals surface area contributed by atoms with E-state index in [2.05, 4.69) is 18.3 Å². The first-order valence-corrected chi connectivity index (χ1v) is 9.16. The Labute approximate surface area is 156 Å². The van der Waals surface area contributed by atoms with Gasteiger partial charge in [0, 0.05) is 0 Å². The number of aryl methyl sites for hydroxylation is 2. The van der Waals surface area contributed by atoms with Crippen molar-refractivity contribution >= 4 is 5.91 Å². The van der Waals surface area contributed by atoms with E-state index in [-0.39, 0.29) is 11.9 Å². The average molecular weight is 355 g/mol. The third-order valence-corrected chi connectivity index (χ3v) is 4.48. The summed E-state index contributed by atoms with van der Waals surface area (Å²) < 4.78 is 11.2. The molecule has 140 valence electrons. The number of carbonyl (C=O) groups excluding carboxylic acids is 1. The monoisotopic (exact) mass is 355 g/mol. The maximum absolute atomic E-state index is 12.8. The molecular formula is C22H29NO3. The topological polar surface area (TPSA) is 47.6 Å². The molecule has 2 aromatic rings. The van der Waals surface area contributed by atoms with E-state index in [0.29, 0.717) is 6.42 Å². The maximum atomic E-state index is 12.8. The highest BCUT2D eigenvalue weighted by molar-refractivity contribution is 5.81. The highest BCUT2D eigenvalue weighted by Crippen LogP contribution is 2.24. The van der Waals surface area contributed by atoms with Crippen LogP contribution in [0.3, 0.4) is 0 Å². The first kappa shape index (κ1) is 19.8. The van der Waals surface area contributed by atoms with Crippen molar-refractivity contribution in [1.29, 1.82) is 0 Å². The van der Waals surface area contributed by atoms with E-state index in [4.69, 9.17) is 9.47 Å². The standard InChI is InChI=1S/C22H29NO3/c1-6-19(17-11-12-21(25-5)16(4)14-17)23-22(24)20(7-2)26-18-10-8-9-15(3)13-18/h8-14,19-20H,6-7H2,1-5H3,(H,23,24)/t19-,20+/m1/s1. The van der Waals surface area contributed by atoms with Crippen molar-refractivity contribution in [3.63, 3.8) is 0 Å². The predicted octanol–water partition coefficient (Wildman–Crippen LogP) is 4.74. The molecule has 0 unspecified atom stereocenters. The van der Waals surface area contributed by atoms with Crippen molar-refractivity contribution in [3.8, 4) is 11.5 Å². The normalized spacial score (nSPS) is 13.0. The molecule has 0 aliphatic heterocycles. The number of rotatable bonds is 8. The van der Waals surface area contributed by atoms with E-state index in [1.165, 1.54) is 0 Å². The van der Waals surface area contributed by atoms with Gasteiger partial charge in [-0.05, 0) is 61.6 Å². The van der Waals surface area contributed by atoms with Crippen molar-refractivity contribution in [1.82, 2.24) is 5.32 Å². The van der Waals surface area contributed by atoms with Crippen molar-refractivity contribution in [2.24, 2.45) is 0 Å². The summed E-state index contributed by atoms with van der Waals surface area (Å²) in [6.45, 7) is 8.03. The molecular weight excluding hydrogens is 326 g/mol. The number of benzene rings is 2. The Bertz CT molecular complexity index is 742. The van der Waals surface area contributed by atoms with Crippen LogP contribution in [0.2, 0.25) is 0 Å². The molecule has 4 nitrogen and oxygen atoms in total. The lowest BCUT2D eigenvalue weighted by Gasteiger charge is -2.23. The van der Waals surface area contributed by atoms with Gasteiger partial charge in [-0.25, -0.2) is 0 Å². The SMILES string of the molecule is CC[C@H](Oc1cccc(C)c1)C(=O)N[C@H](CC)c1ccc(OC)c(C)c1. The molecule has 0 saturated carbocycles. The van der Waals surface area contributed by atoms with Gasteiger partial charge in [0.1, 0.15) is 11.5 Å². The summed E-state index contributed by atoms with van der Waals surface area (Å²) in [5.74, 6) is 1.49. The van der Waals surface area contributed by atoms with Crippen LogP contribution in [0.25, 0.3) is 0 Å². The number of methoxy groups -OCH3 is 1. The van der Waals surface area contributed by atoms with Crippen LogP contribution in [-0.2, 0) is 4.79 Å². The Kier molecular flexibility index (Phi) is 7.07. The van der Waals surface area contributed by atoms with E-state index in [1.807, 2.05) is 57.2 Å². The van der Waals surface area contributed by atoms with E-state index >= 15 is 0 Å². The first-order chi connectivity index (χ1) is 12.5. The molecule has 0 radical (unpaired) electrons. The second-order valence-electron chi connectivity index (χ2n) is 6.53. The molecule has 2 atom stereocenters. The molecule has 0 saturated heterocycles. The third kappa shape index (κ3) is 5.01. The van der Waals surface area contributed by atoms with Gasteiger partial charge in [-0.1, -0.05) is 38.1 Å². The van der Waals surface area contributed by atoms with E-state index < -0.39 is 6.10 Å². The summed E-state index contributed by atoms with van der Waals surface area (Å²) in [6.07, 6.45) is 0.904. The molecule has 0 heterocycles. The van der Waals surface area contributed by atoms with Crippen LogP contribution in [0.4, 0.5) is 0 Å². The van der Waals surface area contributed by atoms with Crippen molar-refractivity contribution < 1.29 is 14.3 Å². The van der Waals surface area contributed by atoms with Gasteiger partial charge in [0.25, 0.3) is 5.91 Å². The number of amides is 1. The summed E-state index contributed by atoms with van der Waals surface area (Å²) >= 11 is 0. The Morgan fingerprint density at radius 3 is 2.42 bits per heavy atom. The molecule has 2 rings (SSSR count). The summed E-state index contributed by atoms with van der Waals surface area (Å²) in [7, 11) is 1.66. The maximum Gasteiger partial charge on any atom is 0.261 e. The number of ether oxygens (including phenoxy) is 2. The van der Waals surface area contributed by atoms with E-state index in [9.17, 15) is 4.79 Å². The molecule has 0 spiro atoms. The molecule has 1 amide bonds. The second kappa shape index (κ2) is 9.27. The van der Waals surface area contributed by atoms with E-state index in [1.54, 1.807) is 7.11 Å². The van der Waals surface area contributed by atoms with Crippen LogP contribution in [0, 0.1) is 13.8 Å². The second-order valence-corrected chi connectivity index (χ2v) is 6.53. The summed E-state index contributed by atoms with van der Waals surface area (Å²) in [4.78, 5) is 12.8. The fraction of sp³-hybridized carbons (Fsp3) is 0.409. The van der Waals surface area contributed by atoms with Crippen LogP contribution in [-0.4, -0.2) is 19.1 Å². The summed E-state index contributed by atoms with van der Waals surface area (Å²) in [5.41, 5.74) is 3.24. The van der Waals surface area contributed by atoms with Crippen molar-refractivity contribution in [3.05, 3.63) is 59.2 Å². The molecule has 0 bridgehead atoms. The minimum Gasteiger partial charge on any atom is -0.496 e. The van der Waals surface area contributed by atoms with Gasteiger partial charge in [-0.15, -0.1) is 0 Å². The van der Waals surface area contributed by atoms with Gasteiger partial charge >= 0.3 is 0 Å². The Morgan fingerprint density at radius 2 is 1.85 bits per heavy atom. The predicted molar refractivity (Wildman–Crippen MR) is 105 cm³/mol.